The molecule has 1 aliphatic carbocycles. The summed E-state index contributed by atoms with van der Waals surface area (Å²) >= 11 is 3.46. The van der Waals surface area contributed by atoms with Gasteiger partial charge in [0.2, 0.25) is 0 Å². The molecule has 1 saturated carbocycles. The first-order valence-corrected chi connectivity index (χ1v) is 7.08. The predicted molar refractivity (Wildman–Crippen MR) is 76.8 cm³/mol. The second-order valence-electron chi connectivity index (χ2n) is 4.82. The van der Waals surface area contributed by atoms with Crippen LogP contribution in [0.4, 0.5) is 0 Å². The fraction of sp³-hybridized carbons (Fsp3) is 0.357. The van der Waals surface area contributed by atoms with Gasteiger partial charge in [-0.05, 0) is 46.5 Å². The summed E-state index contributed by atoms with van der Waals surface area (Å²) in [6.07, 6.45) is 5.99. The van der Waals surface area contributed by atoms with Gasteiger partial charge >= 0.3 is 5.69 Å². The zero-order chi connectivity index (χ0) is 13.4. The van der Waals surface area contributed by atoms with Crippen LogP contribution in [0.2, 0.25) is 0 Å². The van der Waals surface area contributed by atoms with Crippen molar-refractivity contribution < 1.29 is 4.74 Å². The number of halogens is 1. The lowest BCUT2D eigenvalue weighted by Gasteiger charge is -2.06. The van der Waals surface area contributed by atoms with Gasteiger partial charge in [0.1, 0.15) is 5.75 Å². The largest absolute Gasteiger partial charge is 0.496 e. The van der Waals surface area contributed by atoms with Gasteiger partial charge in [-0.15, -0.1) is 0 Å². The molecule has 5 heteroatoms. The average Bonchev–Trinajstić information content (AvgIpc) is 3.17. The molecule has 0 atom stereocenters. The maximum absolute atomic E-state index is 12.2. The Balaban J connectivity index is 1.85. The van der Waals surface area contributed by atoms with E-state index in [4.69, 9.17) is 4.74 Å². The molecule has 1 aromatic carbocycles. The van der Waals surface area contributed by atoms with E-state index in [0.717, 1.165) is 28.6 Å². The van der Waals surface area contributed by atoms with E-state index in [-0.39, 0.29) is 5.69 Å². The van der Waals surface area contributed by atoms with Crippen LogP contribution in [0.25, 0.3) is 0 Å². The molecule has 1 heterocycles. The Morgan fingerprint density at radius 2 is 2.16 bits per heavy atom. The number of hydrogen-bond acceptors (Lipinski definition) is 2. The maximum atomic E-state index is 12.2. The highest BCUT2D eigenvalue weighted by atomic mass is 79.9. The smallest absolute Gasteiger partial charge is 0.328 e. The minimum Gasteiger partial charge on any atom is -0.496 e. The third-order valence-electron chi connectivity index (χ3n) is 3.38. The van der Waals surface area contributed by atoms with Crippen molar-refractivity contribution in [2.75, 3.05) is 7.11 Å². The second kappa shape index (κ2) is 4.89. The fourth-order valence-electron chi connectivity index (χ4n) is 2.18. The Kier molecular flexibility index (Phi) is 3.22. The van der Waals surface area contributed by atoms with E-state index in [1.807, 2.05) is 35.2 Å². The number of rotatable bonds is 4. The first kappa shape index (κ1) is 12.5. The molecule has 3 rings (SSSR count). The van der Waals surface area contributed by atoms with Gasteiger partial charge in [0.05, 0.1) is 18.1 Å². The van der Waals surface area contributed by atoms with Crippen molar-refractivity contribution in [3.05, 3.63) is 51.1 Å². The van der Waals surface area contributed by atoms with E-state index in [1.165, 1.54) is 0 Å². The molecule has 0 bridgehead atoms. The molecular weight excluding hydrogens is 308 g/mol. The summed E-state index contributed by atoms with van der Waals surface area (Å²) < 4.78 is 9.68. The van der Waals surface area contributed by atoms with Gasteiger partial charge in [-0.2, -0.15) is 0 Å². The van der Waals surface area contributed by atoms with E-state index in [1.54, 1.807) is 11.7 Å². The summed E-state index contributed by atoms with van der Waals surface area (Å²) in [6, 6.07) is 6.29. The summed E-state index contributed by atoms with van der Waals surface area (Å²) in [7, 11) is 1.64. The normalized spacial score (nSPS) is 14.6. The lowest BCUT2D eigenvalue weighted by Crippen LogP contribution is -2.23. The quantitative estimate of drug-likeness (QED) is 0.867. The molecule has 0 amide bonds. The van der Waals surface area contributed by atoms with E-state index in [0.29, 0.717) is 12.6 Å². The van der Waals surface area contributed by atoms with E-state index in [9.17, 15) is 4.79 Å². The number of nitrogens with zero attached hydrogens (tertiary/aromatic N) is 2. The van der Waals surface area contributed by atoms with Crippen LogP contribution < -0.4 is 10.4 Å². The van der Waals surface area contributed by atoms with Crippen molar-refractivity contribution in [3.63, 3.8) is 0 Å². The van der Waals surface area contributed by atoms with Crippen molar-refractivity contribution >= 4 is 15.9 Å². The van der Waals surface area contributed by atoms with Crippen LogP contribution in [0.15, 0.2) is 39.9 Å². The molecule has 100 valence electrons. The van der Waals surface area contributed by atoms with Crippen molar-refractivity contribution in [1.82, 2.24) is 9.13 Å². The molecule has 0 saturated heterocycles. The third-order valence-corrected chi connectivity index (χ3v) is 4.00. The Bertz CT molecular complexity index is 656. The first-order chi connectivity index (χ1) is 9.19. The summed E-state index contributed by atoms with van der Waals surface area (Å²) in [4.78, 5) is 12.2. The molecule has 0 spiro atoms. The van der Waals surface area contributed by atoms with Crippen molar-refractivity contribution in [1.29, 1.82) is 0 Å². The van der Waals surface area contributed by atoms with Gasteiger partial charge in [0.25, 0.3) is 0 Å². The van der Waals surface area contributed by atoms with Gasteiger partial charge in [-0.25, -0.2) is 4.79 Å². The molecule has 0 radical (unpaired) electrons. The number of benzene rings is 1. The van der Waals surface area contributed by atoms with E-state index < -0.39 is 0 Å². The molecule has 1 fully saturated rings. The SMILES string of the molecule is COc1ccc(Cn2ccn(C3CC3)c2=O)cc1Br. The number of ether oxygens (including phenoxy) is 1. The molecule has 0 unspecified atom stereocenters. The zero-order valence-corrected chi connectivity index (χ0v) is 12.3. The summed E-state index contributed by atoms with van der Waals surface area (Å²) in [5.41, 5.74) is 1.15. The monoisotopic (exact) mass is 322 g/mol. The van der Waals surface area contributed by atoms with E-state index >= 15 is 0 Å². The maximum Gasteiger partial charge on any atom is 0.328 e. The van der Waals surface area contributed by atoms with Crippen LogP contribution in [0, 0.1) is 0 Å². The van der Waals surface area contributed by atoms with Crippen LogP contribution in [0.5, 0.6) is 5.75 Å². The van der Waals surface area contributed by atoms with Crippen molar-refractivity contribution in [2.45, 2.75) is 25.4 Å². The molecule has 1 aliphatic rings. The van der Waals surface area contributed by atoms with Crippen LogP contribution in [-0.2, 0) is 6.54 Å². The lowest BCUT2D eigenvalue weighted by atomic mass is 10.2. The van der Waals surface area contributed by atoms with Gasteiger partial charge < -0.3 is 4.74 Å². The highest BCUT2D eigenvalue weighted by Gasteiger charge is 2.25. The first-order valence-electron chi connectivity index (χ1n) is 6.28. The summed E-state index contributed by atoms with van der Waals surface area (Å²) in [6.45, 7) is 0.584. The van der Waals surface area contributed by atoms with E-state index in [2.05, 4.69) is 15.9 Å². The van der Waals surface area contributed by atoms with Crippen LogP contribution in [0.1, 0.15) is 24.4 Å². The van der Waals surface area contributed by atoms with Gasteiger partial charge in [-0.3, -0.25) is 9.13 Å². The molecule has 4 nitrogen and oxygen atoms in total. The molecule has 2 aromatic rings. The highest BCUT2D eigenvalue weighted by molar-refractivity contribution is 9.10. The van der Waals surface area contributed by atoms with Crippen LogP contribution in [-0.4, -0.2) is 16.2 Å². The Labute approximate surface area is 119 Å². The summed E-state index contributed by atoms with van der Waals surface area (Å²) in [5.74, 6) is 0.798. The Morgan fingerprint density at radius 3 is 2.79 bits per heavy atom. The van der Waals surface area contributed by atoms with Gasteiger partial charge in [0.15, 0.2) is 0 Å². The minimum absolute atomic E-state index is 0.0782. The second-order valence-corrected chi connectivity index (χ2v) is 5.67. The highest BCUT2D eigenvalue weighted by Crippen LogP contribution is 2.33. The van der Waals surface area contributed by atoms with Crippen LogP contribution >= 0.6 is 15.9 Å². The predicted octanol–water partition coefficient (Wildman–Crippen LogP) is 2.80. The van der Waals surface area contributed by atoms with Crippen molar-refractivity contribution in [2.24, 2.45) is 0 Å². The standard InChI is InChI=1S/C14H15BrN2O2/c1-19-13-5-2-10(8-12(13)15)9-16-6-7-17(14(16)18)11-3-4-11/h2,5-8,11H,3-4,9H2,1H3. The number of methoxy groups -OCH3 is 1. The third kappa shape index (κ3) is 2.47. The molecular formula is C14H15BrN2O2. The number of imidazole rings is 1. The average molecular weight is 323 g/mol. The minimum atomic E-state index is 0.0782. The number of hydrogen-bond donors (Lipinski definition) is 0. The molecule has 0 N–H and O–H groups in total. The molecule has 0 aliphatic heterocycles. The molecule has 1 aromatic heterocycles. The molecule has 19 heavy (non-hydrogen) atoms. The number of aromatic nitrogens is 2. The van der Waals surface area contributed by atoms with Crippen molar-refractivity contribution in [3.8, 4) is 5.75 Å². The lowest BCUT2D eigenvalue weighted by molar-refractivity contribution is 0.412. The van der Waals surface area contributed by atoms with Crippen LogP contribution in [0.3, 0.4) is 0 Å². The fourth-order valence-corrected chi connectivity index (χ4v) is 2.77. The van der Waals surface area contributed by atoms with Gasteiger partial charge in [0, 0.05) is 18.4 Å². The Hall–Kier alpha value is -1.49. The van der Waals surface area contributed by atoms with Gasteiger partial charge in [-0.1, -0.05) is 6.07 Å². The summed E-state index contributed by atoms with van der Waals surface area (Å²) in [5, 5.41) is 0. The zero-order valence-electron chi connectivity index (χ0n) is 10.7. The Morgan fingerprint density at radius 1 is 1.37 bits per heavy atom. The topological polar surface area (TPSA) is 36.2 Å².